The molecule has 1 aliphatic rings. The molecular formula is C14H21FN2O4S. The van der Waals surface area contributed by atoms with Crippen LogP contribution in [-0.4, -0.2) is 59.3 Å². The third-order valence-corrected chi connectivity index (χ3v) is 5.09. The molecule has 1 saturated heterocycles. The van der Waals surface area contributed by atoms with Gasteiger partial charge in [0.1, 0.15) is 0 Å². The van der Waals surface area contributed by atoms with Crippen molar-refractivity contribution >= 4 is 10.0 Å². The summed E-state index contributed by atoms with van der Waals surface area (Å²) in [6.07, 6.45) is 0. The van der Waals surface area contributed by atoms with Gasteiger partial charge in [-0.15, -0.1) is 0 Å². The lowest BCUT2D eigenvalue weighted by Crippen LogP contribution is -2.47. The number of morpholine rings is 1. The van der Waals surface area contributed by atoms with E-state index in [2.05, 4.69) is 9.62 Å². The van der Waals surface area contributed by atoms with E-state index in [1.54, 1.807) is 0 Å². The summed E-state index contributed by atoms with van der Waals surface area (Å²) in [4.78, 5) is 2.04. The third-order valence-electron chi connectivity index (χ3n) is 3.67. The van der Waals surface area contributed by atoms with Crippen LogP contribution in [0.1, 0.15) is 6.92 Å². The molecule has 0 radical (unpaired) electrons. The molecule has 0 aromatic heterocycles. The summed E-state index contributed by atoms with van der Waals surface area (Å²) < 4.78 is 50.6. The first kappa shape index (κ1) is 17.1. The van der Waals surface area contributed by atoms with E-state index >= 15 is 0 Å². The minimum absolute atomic E-state index is 0.0145. The number of nitrogens with one attached hydrogen (secondary N) is 1. The van der Waals surface area contributed by atoms with E-state index < -0.39 is 15.8 Å². The second kappa shape index (κ2) is 7.36. The Balaban J connectivity index is 1.99. The zero-order valence-corrected chi connectivity index (χ0v) is 13.5. The van der Waals surface area contributed by atoms with Crippen LogP contribution in [0.4, 0.5) is 4.39 Å². The van der Waals surface area contributed by atoms with E-state index in [1.165, 1.54) is 19.2 Å². The van der Waals surface area contributed by atoms with Gasteiger partial charge in [0, 0.05) is 25.7 Å². The Bertz CT molecular complexity index is 603. The summed E-state index contributed by atoms with van der Waals surface area (Å²) in [7, 11) is -2.42. The number of nitrogens with zero attached hydrogens (tertiary/aromatic N) is 1. The monoisotopic (exact) mass is 332 g/mol. The van der Waals surface area contributed by atoms with Crippen molar-refractivity contribution in [3.05, 3.63) is 24.0 Å². The molecule has 1 aromatic rings. The van der Waals surface area contributed by atoms with E-state index in [1.807, 2.05) is 6.92 Å². The smallest absolute Gasteiger partial charge is 0.240 e. The molecule has 1 atom stereocenters. The fourth-order valence-corrected chi connectivity index (χ4v) is 3.41. The molecule has 0 amide bonds. The van der Waals surface area contributed by atoms with Crippen LogP contribution in [0.5, 0.6) is 5.75 Å². The number of sulfonamides is 1. The number of hydrogen-bond donors (Lipinski definition) is 1. The molecule has 1 aliphatic heterocycles. The number of rotatable bonds is 6. The molecule has 1 fully saturated rings. The maximum absolute atomic E-state index is 13.6. The lowest BCUT2D eigenvalue weighted by atomic mass is 10.2. The van der Waals surface area contributed by atoms with Crippen molar-refractivity contribution in [1.29, 1.82) is 0 Å². The second-order valence-corrected chi connectivity index (χ2v) is 6.91. The number of methoxy groups -OCH3 is 1. The van der Waals surface area contributed by atoms with Gasteiger partial charge in [0.05, 0.1) is 25.2 Å². The first-order valence-electron chi connectivity index (χ1n) is 7.09. The van der Waals surface area contributed by atoms with Gasteiger partial charge < -0.3 is 9.47 Å². The Morgan fingerprint density at radius 2 is 2.09 bits per heavy atom. The first-order chi connectivity index (χ1) is 10.4. The normalized spacial score (nSPS) is 18.1. The van der Waals surface area contributed by atoms with Gasteiger partial charge in [-0.25, -0.2) is 17.5 Å². The highest BCUT2D eigenvalue weighted by atomic mass is 32.2. The molecule has 8 heteroatoms. The highest BCUT2D eigenvalue weighted by Gasteiger charge is 2.21. The Labute approximate surface area is 130 Å². The zero-order valence-electron chi connectivity index (χ0n) is 12.7. The molecule has 0 spiro atoms. The molecule has 0 unspecified atom stereocenters. The van der Waals surface area contributed by atoms with Crippen molar-refractivity contribution in [2.24, 2.45) is 0 Å². The van der Waals surface area contributed by atoms with Gasteiger partial charge in [0.25, 0.3) is 0 Å². The Morgan fingerprint density at radius 3 is 2.68 bits per heavy atom. The molecule has 1 heterocycles. The van der Waals surface area contributed by atoms with Crippen LogP contribution in [0, 0.1) is 5.82 Å². The number of hydrogen-bond acceptors (Lipinski definition) is 5. The quantitative estimate of drug-likeness (QED) is 0.836. The van der Waals surface area contributed by atoms with E-state index in [9.17, 15) is 12.8 Å². The fraction of sp³-hybridized carbons (Fsp3) is 0.571. The molecule has 0 saturated carbocycles. The molecule has 6 nitrogen and oxygen atoms in total. The highest BCUT2D eigenvalue weighted by Crippen LogP contribution is 2.20. The van der Waals surface area contributed by atoms with E-state index in [0.717, 1.165) is 19.2 Å². The van der Waals surface area contributed by atoms with Gasteiger partial charge in [-0.3, -0.25) is 4.90 Å². The Hall–Kier alpha value is -1.22. The summed E-state index contributed by atoms with van der Waals surface area (Å²) in [5, 5.41) is 0. The van der Waals surface area contributed by atoms with Crippen LogP contribution < -0.4 is 9.46 Å². The van der Waals surface area contributed by atoms with Gasteiger partial charge in [0.2, 0.25) is 10.0 Å². The van der Waals surface area contributed by atoms with Gasteiger partial charge in [-0.05, 0) is 25.1 Å². The van der Waals surface area contributed by atoms with Gasteiger partial charge in [0.15, 0.2) is 11.6 Å². The van der Waals surface area contributed by atoms with Crippen molar-refractivity contribution in [1.82, 2.24) is 9.62 Å². The topological polar surface area (TPSA) is 67.9 Å². The molecule has 0 aliphatic carbocycles. The Morgan fingerprint density at radius 1 is 1.41 bits per heavy atom. The number of benzene rings is 1. The van der Waals surface area contributed by atoms with Crippen molar-refractivity contribution < 1.29 is 22.3 Å². The largest absolute Gasteiger partial charge is 0.494 e. The second-order valence-electron chi connectivity index (χ2n) is 5.15. The molecule has 124 valence electrons. The van der Waals surface area contributed by atoms with Crippen molar-refractivity contribution in [2.75, 3.05) is 40.0 Å². The van der Waals surface area contributed by atoms with Gasteiger partial charge >= 0.3 is 0 Å². The predicted molar refractivity (Wildman–Crippen MR) is 80.0 cm³/mol. The first-order valence-corrected chi connectivity index (χ1v) is 8.57. The predicted octanol–water partition coefficient (Wildman–Crippen LogP) is 0.833. The molecule has 1 N–H and O–H groups in total. The maximum Gasteiger partial charge on any atom is 0.240 e. The lowest BCUT2D eigenvalue weighted by Gasteiger charge is -2.32. The summed E-state index contributed by atoms with van der Waals surface area (Å²) in [5.74, 6) is -0.688. The van der Waals surface area contributed by atoms with E-state index in [0.29, 0.717) is 13.2 Å². The summed E-state index contributed by atoms with van der Waals surface area (Å²) in [6, 6.07) is 3.63. The molecule has 2 rings (SSSR count). The van der Waals surface area contributed by atoms with Crippen molar-refractivity contribution in [3.8, 4) is 5.75 Å². The van der Waals surface area contributed by atoms with Gasteiger partial charge in [-0.2, -0.15) is 0 Å². The average Bonchev–Trinajstić information content (AvgIpc) is 2.53. The van der Waals surface area contributed by atoms with E-state index in [4.69, 9.17) is 9.47 Å². The Kier molecular flexibility index (Phi) is 5.74. The van der Waals surface area contributed by atoms with Crippen molar-refractivity contribution in [2.45, 2.75) is 17.9 Å². The number of halogens is 1. The molecule has 1 aromatic carbocycles. The molecule has 0 bridgehead atoms. The van der Waals surface area contributed by atoms with Gasteiger partial charge in [-0.1, -0.05) is 0 Å². The standard InChI is InChI=1S/C14H21FN2O4S/c1-11(17-5-7-21-8-6-17)10-16-22(18,19)12-3-4-14(20-2)13(15)9-12/h3-4,9,11,16H,5-8,10H2,1-2H3/t11-/m1/s1. The SMILES string of the molecule is COc1ccc(S(=O)(=O)NC[C@@H](C)N2CCOCC2)cc1F. The summed E-state index contributed by atoms with van der Waals surface area (Å²) >= 11 is 0. The van der Waals surface area contributed by atoms with Crippen LogP contribution in [0.15, 0.2) is 23.1 Å². The van der Waals surface area contributed by atoms with Crippen molar-refractivity contribution in [3.63, 3.8) is 0 Å². The lowest BCUT2D eigenvalue weighted by molar-refractivity contribution is 0.0213. The zero-order chi connectivity index (χ0) is 16.2. The minimum Gasteiger partial charge on any atom is -0.494 e. The van der Waals surface area contributed by atoms with E-state index in [-0.39, 0.29) is 23.2 Å². The average molecular weight is 332 g/mol. The molecule has 22 heavy (non-hydrogen) atoms. The summed E-state index contributed by atoms with van der Waals surface area (Å²) in [5.41, 5.74) is 0. The number of ether oxygens (including phenoxy) is 2. The minimum atomic E-state index is -3.74. The molecular weight excluding hydrogens is 311 g/mol. The maximum atomic E-state index is 13.6. The third kappa shape index (κ3) is 4.16. The van der Waals surface area contributed by atoms with Crippen LogP contribution >= 0.6 is 0 Å². The van der Waals surface area contributed by atoms with Crippen LogP contribution in [-0.2, 0) is 14.8 Å². The van der Waals surface area contributed by atoms with Crippen LogP contribution in [0.25, 0.3) is 0 Å². The van der Waals surface area contributed by atoms with Crippen LogP contribution in [0.2, 0.25) is 0 Å². The fourth-order valence-electron chi connectivity index (χ4n) is 2.28. The summed E-state index contributed by atoms with van der Waals surface area (Å²) in [6.45, 7) is 5.07. The van der Waals surface area contributed by atoms with Crippen LogP contribution in [0.3, 0.4) is 0 Å². The highest BCUT2D eigenvalue weighted by molar-refractivity contribution is 7.89.